The molecule has 2 heterocycles. The van der Waals surface area contributed by atoms with E-state index < -0.39 is 0 Å². The highest BCUT2D eigenvalue weighted by molar-refractivity contribution is 7.14. The van der Waals surface area contributed by atoms with Crippen molar-refractivity contribution < 1.29 is 4.79 Å². The van der Waals surface area contributed by atoms with Gasteiger partial charge < -0.3 is 0 Å². The van der Waals surface area contributed by atoms with E-state index in [9.17, 15) is 4.79 Å². The Morgan fingerprint density at radius 3 is 2.36 bits per heavy atom. The van der Waals surface area contributed by atoms with Crippen LogP contribution < -0.4 is 5.32 Å². The maximum Gasteiger partial charge on any atom is 0.258 e. The van der Waals surface area contributed by atoms with E-state index in [2.05, 4.69) is 61.4 Å². The zero-order chi connectivity index (χ0) is 22.9. The van der Waals surface area contributed by atoms with Gasteiger partial charge in [-0.05, 0) is 38.5 Å². The van der Waals surface area contributed by atoms with Crippen LogP contribution in [-0.4, -0.2) is 15.9 Å². The summed E-state index contributed by atoms with van der Waals surface area (Å²) in [4.78, 5) is 22.8. The molecule has 0 radical (unpaired) electrons. The third-order valence-electron chi connectivity index (χ3n) is 5.69. The molecular formula is C28H23N3OS. The van der Waals surface area contributed by atoms with Crippen LogP contribution in [0.5, 0.6) is 0 Å². The van der Waals surface area contributed by atoms with Crippen molar-refractivity contribution in [2.45, 2.75) is 20.8 Å². The van der Waals surface area contributed by atoms with Gasteiger partial charge in [0, 0.05) is 21.9 Å². The number of nitrogens with one attached hydrogen (secondary N) is 1. The van der Waals surface area contributed by atoms with E-state index in [0.29, 0.717) is 10.7 Å². The summed E-state index contributed by atoms with van der Waals surface area (Å²) in [5, 5.41) is 6.35. The first kappa shape index (κ1) is 21.0. The van der Waals surface area contributed by atoms with E-state index in [1.54, 1.807) is 0 Å². The second-order valence-electron chi connectivity index (χ2n) is 8.25. The van der Waals surface area contributed by atoms with Crippen molar-refractivity contribution in [2.75, 3.05) is 5.32 Å². The molecule has 0 aliphatic rings. The molecule has 3 aromatic carbocycles. The number of para-hydroxylation sites is 1. The lowest BCUT2D eigenvalue weighted by molar-refractivity contribution is 0.102. The molecule has 0 fully saturated rings. The van der Waals surface area contributed by atoms with Gasteiger partial charge in [-0.2, -0.15) is 0 Å². The molecule has 162 valence electrons. The van der Waals surface area contributed by atoms with E-state index in [4.69, 9.17) is 4.98 Å². The topological polar surface area (TPSA) is 54.9 Å². The zero-order valence-electron chi connectivity index (χ0n) is 18.7. The van der Waals surface area contributed by atoms with Gasteiger partial charge in [0.05, 0.1) is 22.5 Å². The summed E-state index contributed by atoms with van der Waals surface area (Å²) in [7, 11) is 0. The monoisotopic (exact) mass is 449 g/mol. The van der Waals surface area contributed by atoms with Crippen molar-refractivity contribution in [1.29, 1.82) is 0 Å². The Balaban J connectivity index is 1.51. The SMILES string of the molecule is Cc1ccc(-c2csc(NC(=O)c3cc(-c4ccc(C)cc4C)nc4ccccc34)n2)cc1. The molecule has 0 bridgehead atoms. The van der Waals surface area contributed by atoms with Crippen LogP contribution in [0.4, 0.5) is 5.13 Å². The highest BCUT2D eigenvalue weighted by Gasteiger charge is 2.16. The smallest absolute Gasteiger partial charge is 0.258 e. The molecule has 0 saturated carbocycles. The predicted octanol–water partition coefficient (Wildman–Crippen LogP) is 7.20. The van der Waals surface area contributed by atoms with Crippen LogP contribution >= 0.6 is 11.3 Å². The van der Waals surface area contributed by atoms with Crippen LogP contribution in [0, 0.1) is 20.8 Å². The molecule has 0 atom stereocenters. The molecule has 0 unspecified atom stereocenters. The van der Waals surface area contributed by atoms with Crippen molar-refractivity contribution in [2.24, 2.45) is 0 Å². The van der Waals surface area contributed by atoms with Crippen LogP contribution in [0.25, 0.3) is 33.4 Å². The summed E-state index contributed by atoms with van der Waals surface area (Å²) < 4.78 is 0. The molecule has 2 aromatic heterocycles. The zero-order valence-corrected chi connectivity index (χ0v) is 19.5. The normalized spacial score (nSPS) is 11.0. The number of hydrogen-bond acceptors (Lipinski definition) is 4. The molecule has 4 nitrogen and oxygen atoms in total. The van der Waals surface area contributed by atoms with Crippen LogP contribution in [0.3, 0.4) is 0 Å². The van der Waals surface area contributed by atoms with E-state index in [1.165, 1.54) is 22.5 Å². The van der Waals surface area contributed by atoms with Gasteiger partial charge in [-0.25, -0.2) is 9.97 Å². The number of aromatic nitrogens is 2. The fraction of sp³-hybridized carbons (Fsp3) is 0.107. The minimum Gasteiger partial charge on any atom is -0.298 e. The van der Waals surface area contributed by atoms with Gasteiger partial charge in [-0.3, -0.25) is 10.1 Å². The highest BCUT2D eigenvalue weighted by atomic mass is 32.1. The van der Waals surface area contributed by atoms with E-state index in [1.807, 2.05) is 47.8 Å². The van der Waals surface area contributed by atoms with Crippen LogP contribution in [0.15, 0.2) is 78.2 Å². The number of thiazole rings is 1. The summed E-state index contributed by atoms with van der Waals surface area (Å²) in [5.74, 6) is -0.190. The minimum absolute atomic E-state index is 0.190. The van der Waals surface area contributed by atoms with E-state index in [0.717, 1.165) is 39.0 Å². The number of benzene rings is 3. The van der Waals surface area contributed by atoms with Gasteiger partial charge in [0.15, 0.2) is 5.13 Å². The molecular weight excluding hydrogens is 426 g/mol. The summed E-state index contributed by atoms with van der Waals surface area (Å²) in [5.41, 5.74) is 8.60. The number of pyridine rings is 1. The van der Waals surface area contributed by atoms with Crippen LogP contribution in [0.2, 0.25) is 0 Å². The lowest BCUT2D eigenvalue weighted by Crippen LogP contribution is -2.13. The molecule has 0 aliphatic heterocycles. The van der Waals surface area contributed by atoms with E-state index >= 15 is 0 Å². The number of fused-ring (bicyclic) bond motifs is 1. The first-order chi connectivity index (χ1) is 16.0. The van der Waals surface area contributed by atoms with Gasteiger partial charge >= 0.3 is 0 Å². The first-order valence-electron chi connectivity index (χ1n) is 10.8. The number of carbonyl (C=O) groups is 1. The number of carbonyl (C=O) groups excluding carboxylic acids is 1. The van der Waals surface area contributed by atoms with Crippen molar-refractivity contribution >= 4 is 33.3 Å². The Bertz CT molecular complexity index is 1490. The molecule has 0 aliphatic carbocycles. The Morgan fingerprint density at radius 2 is 1.58 bits per heavy atom. The first-order valence-corrected chi connectivity index (χ1v) is 11.7. The molecule has 0 spiro atoms. The summed E-state index contributed by atoms with van der Waals surface area (Å²) in [6.07, 6.45) is 0. The summed E-state index contributed by atoms with van der Waals surface area (Å²) in [6, 6.07) is 24.1. The largest absolute Gasteiger partial charge is 0.298 e. The quantitative estimate of drug-likeness (QED) is 0.315. The van der Waals surface area contributed by atoms with Crippen LogP contribution in [0.1, 0.15) is 27.0 Å². The molecule has 1 N–H and O–H groups in total. The third-order valence-corrected chi connectivity index (χ3v) is 6.45. The molecule has 33 heavy (non-hydrogen) atoms. The molecule has 5 aromatic rings. The lowest BCUT2D eigenvalue weighted by Gasteiger charge is -2.11. The molecule has 1 amide bonds. The van der Waals surface area contributed by atoms with Crippen LogP contribution in [-0.2, 0) is 0 Å². The maximum absolute atomic E-state index is 13.4. The van der Waals surface area contributed by atoms with Gasteiger partial charge in [0.25, 0.3) is 5.91 Å². The number of amides is 1. The van der Waals surface area contributed by atoms with Crippen molar-refractivity contribution in [3.05, 3.63) is 100 Å². The van der Waals surface area contributed by atoms with Crippen molar-refractivity contribution in [3.63, 3.8) is 0 Å². The lowest BCUT2D eigenvalue weighted by atomic mass is 9.99. The minimum atomic E-state index is -0.190. The average Bonchev–Trinajstić information content (AvgIpc) is 3.27. The molecule has 0 saturated heterocycles. The Labute approximate surface area is 197 Å². The van der Waals surface area contributed by atoms with Gasteiger partial charge in [0.1, 0.15) is 0 Å². The highest BCUT2D eigenvalue weighted by Crippen LogP contribution is 2.29. The fourth-order valence-electron chi connectivity index (χ4n) is 3.95. The fourth-order valence-corrected chi connectivity index (χ4v) is 4.67. The Kier molecular flexibility index (Phi) is 5.48. The molecule has 5 rings (SSSR count). The standard InChI is InChI=1S/C28H23N3OS/c1-17-8-11-20(12-9-17)26-16-33-28(30-26)31-27(32)23-15-25(21-13-10-18(2)14-19(21)3)29-24-7-5-4-6-22(23)24/h4-16H,1-3H3,(H,30,31,32). The van der Waals surface area contributed by atoms with Crippen molar-refractivity contribution in [1.82, 2.24) is 9.97 Å². The van der Waals surface area contributed by atoms with Crippen molar-refractivity contribution in [3.8, 4) is 22.5 Å². The third kappa shape index (κ3) is 4.28. The number of aryl methyl sites for hydroxylation is 3. The van der Waals surface area contributed by atoms with Gasteiger partial charge in [-0.1, -0.05) is 71.8 Å². The number of hydrogen-bond donors (Lipinski definition) is 1. The van der Waals surface area contributed by atoms with Gasteiger partial charge in [0.2, 0.25) is 0 Å². The molecule has 5 heteroatoms. The second-order valence-corrected chi connectivity index (χ2v) is 9.11. The average molecular weight is 450 g/mol. The number of rotatable bonds is 4. The maximum atomic E-state index is 13.4. The number of anilines is 1. The summed E-state index contributed by atoms with van der Waals surface area (Å²) in [6.45, 7) is 6.20. The van der Waals surface area contributed by atoms with E-state index in [-0.39, 0.29) is 5.91 Å². The predicted molar refractivity (Wildman–Crippen MR) is 137 cm³/mol. The second kappa shape index (κ2) is 8.60. The Morgan fingerprint density at radius 1 is 0.818 bits per heavy atom. The summed E-state index contributed by atoms with van der Waals surface area (Å²) >= 11 is 1.42. The van der Waals surface area contributed by atoms with Gasteiger partial charge in [-0.15, -0.1) is 11.3 Å². The number of nitrogens with zero attached hydrogens (tertiary/aromatic N) is 2. The Hall–Kier alpha value is -3.83.